The van der Waals surface area contributed by atoms with Crippen molar-refractivity contribution in [2.75, 3.05) is 13.7 Å². The van der Waals surface area contributed by atoms with Crippen LogP contribution in [0.2, 0.25) is 0 Å². The van der Waals surface area contributed by atoms with E-state index in [0.29, 0.717) is 0 Å². The molecule has 0 spiro atoms. The van der Waals surface area contributed by atoms with Gasteiger partial charge in [0.1, 0.15) is 5.75 Å². The molecule has 0 radical (unpaired) electrons. The number of nitrogens with zero attached hydrogens (tertiary/aromatic N) is 1. The van der Waals surface area contributed by atoms with E-state index in [1.807, 2.05) is 0 Å². The lowest BCUT2D eigenvalue weighted by Crippen LogP contribution is -2.25. The third-order valence-corrected chi connectivity index (χ3v) is 3.72. The third-order valence-electron chi connectivity index (χ3n) is 2.21. The number of hydrogen-bond donors (Lipinski definition) is 1. The molecule has 19 heavy (non-hydrogen) atoms. The van der Waals surface area contributed by atoms with Gasteiger partial charge in [0, 0.05) is 13.0 Å². The maximum atomic E-state index is 11.9. The standard InChI is InChI=1S/C11H12N2O5S/c1-3-4-7-12-19(16,17)11-6-5-9(18-2)8-10(11)13(14)15/h1,5-6,8,12H,4,7H2,2H3. The molecule has 102 valence electrons. The van der Waals surface area contributed by atoms with Gasteiger partial charge in [0.2, 0.25) is 10.0 Å². The Labute approximate surface area is 110 Å². The highest BCUT2D eigenvalue weighted by Crippen LogP contribution is 2.28. The number of methoxy groups -OCH3 is 1. The molecule has 0 amide bonds. The summed E-state index contributed by atoms with van der Waals surface area (Å²) in [6.07, 6.45) is 5.20. The van der Waals surface area contributed by atoms with Crippen LogP contribution < -0.4 is 9.46 Å². The van der Waals surface area contributed by atoms with Gasteiger partial charge in [-0.25, -0.2) is 13.1 Å². The Morgan fingerprint density at radius 2 is 2.21 bits per heavy atom. The van der Waals surface area contributed by atoms with Crippen molar-refractivity contribution in [2.24, 2.45) is 0 Å². The van der Waals surface area contributed by atoms with E-state index in [0.717, 1.165) is 12.1 Å². The third kappa shape index (κ3) is 3.67. The number of sulfonamides is 1. The van der Waals surface area contributed by atoms with E-state index in [-0.39, 0.29) is 18.7 Å². The molecule has 0 bridgehead atoms. The van der Waals surface area contributed by atoms with Crippen molar-refractivity contribution in [1.82, 2.24) is 4.72 Å². The van der Waals surface area contributed by atoms with E-state index < -0.39 is 25.5 Å². The fourth-order valence-corrected chi connectivity index (χ4v) is 2.51. The summed E-state index contributed by atoms with van der Waals surface area (Å²) in [4.78, 5) is 9.69. The van der Waals surface area contributed by atoms with Gasteiger partial charge in [0.15, 0.2) is 4.90 Å². The van der Waals surface area contributed by atoms with E-state index >= 15 is 0 Å². The highest BCUT2D eigenvalue weighted by atomic mass is 32.2. The molecule has 0 aliphatic carbocycles. The van der Waals surface area contributed by atoms with Crippen LogP contribution in [0.25, 0.3) is 0 Å². The van der Waals surface area contributed by atoms with Crippen molar-refractivity contribution >= 4 is 15.7 Å². The predicted octanol–water partition coefficient (Wildman–Crippen LogP) is 0.905. The fourth-order valence-electron chi connectivity index (χ4n) is 1.33. The van der Waals surface area contributed by atoms with Gasteiger partial charge in [-0.05, 0) is 12.1 Å². The van der Waals surface area contributed by atoms with Gasteiger partial charge in [0.05, 0.1) is 18.1 Å². The van der Waals surface area contributed by atoms with Crippen molar-refractivity contribution in [2.45, 2.75) is 11.3 Å². The minimum atomic E-state index is -3.98. The summed E-state index contributed by atoms with van der Waals surface area (Å²) >= 11 is 0. The lowest BCUT2D eigenvalue weighted by molar-refractivity contribution is -0.387. The van der Waals surface area contributed by atoms with Gasteiger partial charge in [-0.2, -0.15) is 0 Å². The zero-order valence-corrected chi connectivity index (χ0v) is 10.9. The van der Waals surface area contributed by atoms with Crippen molar-refractivity contribution in [1.29, 1.82) is 0 Å². The number of ether oxygens (including phenoxy) is 1. The maximum Gasteiger partial charge on any atom is 0.293 e. The molecule has 0 fully saturated rings. The average molecular weight is 284 g/mol. The van der Waals surface area contributed by atoms with Crippen LogP contribution in [-0.4, -0.2) is 27.0 Å². The Balaban J connectivity index is 3.19. The summed E-state index contributed by atoms with van der Waals surface area (Å²) in [7, 11) is -2.64. The first-order valence-corrected chi connectivity index (χ1v) is 6.66. The number of nitrogens with one attached hydrogen (secondary N) is 1. The summed E-state index contributed by atoms with van der Waals surface area (Å²) in [5, 5.41) is 10.9. The van der Waals surface area contributed by atoms with Crippen molar-refractivity contribution in [3.8, 4) is 18.1 Å². The molecule has 7 nitrogen and oxygen atoms in total. The largest absolute Gasteiger partial charge is 0.497 e. The Bertz CT molecular complexity index is 618. The summed E-state index contributed by atoms with van der Waals surface area (Å²) in [5.41, 5.74) is -0.549. The molecule has 8 heteroatoms. The van der Waals surface area contributed by atoms with E-state index in [1.165, 1.54) is 13.2 Å². The van der Waals surface area contributed by atoms with Crippen molar-refractivity contribution in [3.05, 3.63) is 28.3 Å². The van der Waals surface area contributed by atoms with E-state index in [4.69, 9.17) is 11.2 Å². The zero-order valence-electron chi connectivity index (χ0n) is 10.1. The van der Waals surface area contributed by atoms with Gasteiger partial charge in [0.25, 0.3) is 5.69 Å². The van der Waals surface area contributed by atoms with E-state index in [1.54, 1.807) is 0 Å². The lowest BCUT2D eigenvalue weighted by atomic mass is 10.3. The van der Waals surface area contributed by atoms with Gasteiger partial charge >= 0.3 is 0 Å². The summed E-state index contributed by atoms with van der Waals surface area (Å²) in [6, 6.07) is 3.51. The average Bonchev–Trinajstić information content (AvgIpc) is 2.38. The predicted molar refractivity (Wildman–Crippen MR) is 68.3 cm³/mol. The molecule has 0 saturated carbocycles. The van der Waals surface area contributed by atoms with Crippen LogP contribution in [0.3, 0.4) is 0 Å². The number of benzene rings is 1. The molecular formula is C11H12N2O5S. The zero-order chi connectivity index (χ0) is 14.5. The quantitative estimate of drug-likeness (QED) is 0.362. The lowest BCUT2D eigenvalue weighted by Gasteiger charge is -2.07. The molecule has 0 saturated heterocycles. The highest BCUT2D eigenvalue weighted by Gasteiger charge is 2.25. The van der Waals surface area contributed by atoms with Crippen LogP contribution in [0.5, 0.6) is 5.75 Å². The fraction of sp³-hybridized carbons (Fsp3) is 0.273. The number of terminal acetylenes is 1. The first-order chi connectivity index (χ1) is 8.92. The molecular weight excluding hydrogens is 272 g/mol. The number of nitro groups is 1. The molecule has 0 heterocycles. The second kappa shape index (κ2) is 6.17. The first-order valence-electron chi connectivity index (χ1n) is 5.18. The number of rotatable bonds is 6. The smallest absolute Gasteiger partial charge is 0.293 e. The molecule has 0 aromatic heterocycles. The highest BCUT2D eigenvalue weighted by molar-refractivity contribution is 7.89. The molecule has 0 unspecified atom stereocenters. The van der Waals surface area contributed by atoms with Crippen LogP contribution >= 0.6 is 0 Å². The van der Waals surface area contributed by atoms with Crippen LogP contribution in [0, 0.1) is 22.5 Å². The van der Waals surface area contributed by atoms with Crippen LogP contribution in [0.15, 0.2) is 23.1 Å². The Hall–Kier alpha value is -2.11. The van der Waals surface area contributed by atoms with Gasteiger partial charge < -0.3 is 4.74 Å². The first kappa shape index (κ1) is 14.9. The van der Waals surface area contributed by atoms with Crippen molar-refractivity contribution < 1.29 is 18.1 Å². The van der Waals surface area contributed by atoms with Crippen LogP contribution in [-0.2, 0) is 10.0 Å². The van der Waals surface area contributed by atoms with Gasteiger partial charge in [-0.1, -0.05) is 0 Å². The Kier molecular flexibility index (Phi) is 4.86. The second-order valence-electron chi connectivity index (χ2n) is 3.44. The Morgan fingerprint density at radius 3 is 2.74 bits per heavy atom. The molecule has 1 aromatic carbocycles. The van der Waals surface area contributed by atoms with Crippen LogP contribution in [0.4, 0.5) is 5.69 Å². The normalized spacial score (nSPS) is 10.7. The van der Waals surface area contributed by atoms with Gasteiger partial charge in [-0.3, -0.25) is 10.1 Å². The van der Waals surface area contributed by atoms with E-state index in [2.05, 4.69) is 10.6 Å². The molecule has 1 rings (SSSR count). The molecule has 1 aromatic rings. The topological polar surface area (TPSA) is 98.5 Å². The molecule has 0 atom stereocenters. The summed E-state index contributed by atoms with van der Waals surface area (Å²) in [6.45, 7) is 0.0159. The van der Waals surface area contributed by atoms with E-state index in [9.17, 15) is 18.5 Å². The maximum absolute atomic E-state index is 11.9. The minimum absolute atomic E-state index is 0.0159. The number of nitro benzene ring substituents is 1. The second-order valence-corrected chi connectivity index (χ2v) is 5.18. The molecule has 1 N–H and O–H groups in total. The molecule has 0 aliphatic heterocycles. The van der Waals surface area contributed by atoms with Crippen molar-refractivity contribution in [3.63, 3.8) is 0 Å². The van der Waals surface area contributed by atoms with Crippen LogP contribution in [0.1, 0.15) is 6.42 Å². The minimum Gasteiger partial charge on any atom is -0.497 e. The number of hydrogen-bond acceptors (Lipinski definition) is 5. The molecule has 0 aliphatic rings. The Morgan fingerprint density at radius 1 is 1.53 bits per heavy atom. The summed E-state index contributed by atoms with van der Waals surface area (Å²) in [5.74, 6) is 2.47. The SMILES string of the molecule is C#CCCNS(=O)(=O)c1ccc(OC)cc1[N+](=O)[O-]. The van der Waals surface area contributed by atoms with Gasteiger partial charge in [-0.15, -0.1) is 12.3 Å². The summed E-state index contributed by atoms with van der Waals surface area (Å²) < 4.78 is 30.8. The monoisotopic (exact) mass is 284 g/mol.